The molecule has 4 nitrogen and oxygen atoms in total. The van der Waals surface area contributed by atoms with E-state index in [-0.39, 0.29) is 65.3 Å². The van der Waals surface area contributed by atoms with E-state index in [0.29, 0.717) is 10.3 Å². The molecule has 5 rings (SSSR count). The van der Waals surface area contributed by atoms with E-state index in [1.54, 1.807) is 24.3 Å². The fraction of sp³-hybridized carbons (Fsp3) is 0.343. The third-order valence-electron chi connectivity index (χ3n) is 7.99. The largest absolute Gasteiger partial charge is 0.512 e. The Morgan fingerprint density at radius 1 is 0.851 bits per heavy atom. The van der Waals surface area contributed by atoms with Gasteiger partial charge >= 0.3 is 12.4 Å². The number of carbonyl (C=O) groups excluding carboxylic acids is 1. The number of halogens is 6. The van der Waals surface area contributed by atoms with Crippen molar-refractivity contribution in [2.75, 3.05) is 0 Å². The number of allylic oxidation sites excluding steroid dienone is 2. The fourth-order valence-corrected chi connectivity index (χ4v) is 6.45. The molecule has 1 N–H and O–H groups in total. The number of carbonyl (C=O) groups is 1. The summed E-state index contributed by atoms with van der Waals surface area (Å²) >= 11 is 1.18. The van der Waals surface area contributed by atoms with E-state index in [1.807, 2.05) is 27.7 Å². The minimum atomic E-state index is -5.11. The quantitative estimate of drug-likeness (QED) is 0.0555. The Bertz CT molecular complexity index is 1840. The molecule has 0 amide bonds. The van der Waals surface area contributed by atoms with Crippen molar-refractivity contribution in [3.8, 4) is 10.6 Å². The second kappa shape index (κ2) is 15.7. The zero-order chi connectivity index (χ0) is 33.8. The van der Waals surface area contributed by atoms with Gasteiger partial charge in [-0.15, -0.1) is 23.6 Å². The van der Waals surface area contributed by atoms with Gasteiger partial charge in [-0.2, -0.15) is 36.5 Å². The Hall–Kier alpha value is -3.34. The number of hydrogen-bond donors (Lipinski definition) is 1. The third-order valence-corrected chi connectivity index (χ3v) is 9.06. The second-order valence-corrected chi connectivity index (χ2v) is 11.9. The molecule has 0 saturated carbocycles. The number of nitrogens with zero attached hydrogens (tertiary/aromatic N) is 2. The molecule has 2 aromatic heterocycles. The smallest absolute Gasteiger partial charge is 0.435 e. The number of ketones is 1. The van der Waals surface area contributed by atoms with Gasteiger partial charge in [-0.3, -0.25) is 4.79 Å². The Labute approximate surface area is 286 Å². The minimum Gasteiger partial charge on any atom is -0.512 e. The van der Waals surface area contributed by atoms with Gasteiger partial charge in [0, 0.05) is 49.1 Å². The number of benzene rings is 3. The first-order valence-corrected chi connectivity index (χ1v) is 15.8. The van der Waals surface area contributed by atoms with Crippen molar-refractivity contribution in [2.24, 2.45) is 11.8 Å². The maximum absolute atomic E-state index is 14.1. The SMILES string of the molecule is CCC(CC)C(=O)/C=C(\O)C(CC)CC.FC(F)(F)c1nnc(-c2[c-]c3ccccc3s2)c2cc3ccccc3c(C(F)(F)F)c12.[Ir]. The van der Waals surface area contributed by atoms with Crippen LogP contribution in [0, 0.1) is 17.9 Å². The summed E-state index contributed by atoms with van der Waals surface area (Å²) in [6.45, 7) is 8.07. The van der Waals surface area contributed by atoms with E-state index in [1.165, 1.54) is 41.7 Å². The summed E-state index contributed by atoms with van der Waals surface area (Å²) in [5, 5.41) is 15.9. The first-order chi connectivity index (χ1) is 21.7. The summed E-state index contributed by atoms with van der Waals surface area (Å²) < 4.78 is 84.2. The van der Waals surface area contributed by atoms with Crippen LogP contribution in [-0.2, 0) is 37.3 Å². The van der Waals surface area contributed by atoms with Crippen molar-refractivity contribution in [2.45, 2.75) is 65.7 Å². The van der Waals surface area contributed by atoms with Gasteiger partial charge in [-0.25, -0.2) is 11.3 Å². The monoisotopic (exact) mass is 852 g/mol. The van der Waals surface area contributed by atoms with E-state index in [0.717, 1.165) is 36.4 Å². The van der Waals surface area contributed by atoms with Crippen molar-refractivity contribution in [1.29, 1.82) is 0 Å². The summed E-state index contributed by atoms with van der Waals surface area (Å²) in [7, 11) is 0. The number of aliphatic hydroxyl groups excluding tert-OH is 1. The summed E-state index contributed by atoms with van der Waals surface area (Å²) in [6, 6.07) is 16.9. The molecule has 253 valence electrons. The van der Waals surface area contributed by atoms with E-state index >= 15 is 0 Å². The molecule has 47 heavy (non-hydrogen) atoms. The van der Waals surface area contributed by atoms with Gasteiger partial charge in [0.05, 0.1) is 11.3 Å². The predicted molar refractivity (Wildman–Crippen MR) is 171 cm³/mol. The minimum absolute atomic E-state index is 0. The van der Waals surface area contributed by atoms with Crippen LogP contribution in [0.25, 0.3) is 42.2 Å². The molecule has 1 radical (unpaired) electrons. The van der Waals surface area contributed by atoms with E-state index in [9.17, 15) is 36.2 Å². The molecule has 0 bridgehead atoms. The molecule has 12 heteroatoms. The number of thiophene rings is 1. The molecule has 0 unspecified atom stereocenters. The van der Waals surface area contributed by atoms with Gasteiger partial charge < -0.3 is 5.11 Å². The number of hydrogen-bond acceptors (Lipinski definition) is 5. The van der Waals surface area contributed by atoms with Crippen molar-refractivity contribution in [3.63, 3.8) is 0 Å². The van der Waals surface area contributed by atoms with Crippen molar-refractivity contribution < 1.29 is 56.3 Å². The number of fused-ring (bicyclic) bond motifs is 3. The zero-order valence-electron chi connectivity index (χ0n) is 26.0. The van der Waals surface area contributed by atoms with Crippen LogP contribution < -0.4 is 0 Å². The van der Waals surface area contributed by atoms with Crippen LogP contribution in [0.4, 0.5) is 26.3 Å². The normalized spacial score (nSPS) is 12.5. The van der Waals surface area contributed by atoms with Crippen LogP contribution in [0.15, 0.2) is 66.4 Å². The summed E-state index contributed by atoms with van der Waals surface area (Å²) in [5.74, 6) is 0.547. The Morgan fingerprint density at radius 3 is 2.02 bits per heavy atom. The average molecular weight is 852 g/mol. The van der Waals surface area contributed by atoms with Gasteiger partial charge in [0.1, 0.15) is 0 Å². The number of aromatic nitrogens is 2. The molecule has 5 aromatic rings. The standard InChI is InChI=1S/C22H9F6N2S.C13H24O2.Ir/c23-21(24,25)18-13-7-3-1-5-11(13)9-14-17(18)20(22(26,27)28)30-29-19(14)16-10-12-6-2-4-8-15(12)31-16;1-5-10(6-2)12(14)9-13(15)11(7-3)8-4;/h1-9H;9-11,14H,5-8H2,1-4H3;/q-1;;/b;12-9-;. The van der Waals surface area contributed by atoms with Crippen LogP contribution >= 0.6 is 11.3 Å². The molecule has 0 fully saturated rings. The zero-order valence-corrected chi connectivity index (χ0v) is 29.2. The molecular weight excluding hydrogens is 819 g/mol. The van der Waals surface area contributed by atoms with E-state index < -0.39 is 29.0 Å². The molecule has 0 aliphatic rings. The van der Waals surface area contributed by atoms with Gasteiger partial charge in [-0.05, 0) is 51.4 Å². The molecular formula is C35H33F6IrN2O2S-. The molecule has 0 atom stereocenters. The molecule has 0 aliphatic carbocycles. The summed E-state index contributed by atoms with van der Waals surface area (Å²) in [6.07, 6.45) is -5.25. The predicted octanol–water partition coefficient (Wildman–Crippen LogP) is 11.4. The molecule has 0 spiro atoms. The van der Waals surface area contributed by atoms with Gasteiger partial charge in [0.2, 0.25) is 0 Å². The summed E-state index contributed by atoms with van der Waals surface area (Å²) in [4.78, 5) is 12.0. The van der Waals surface area contributed by atoms with Gasteiger partial charge in [0.15, 0.2) is 11.5 Å². The third kappa shape index (κ3) is 8.39. The van der Waals surface area contributed by atoms with Crippen LogP contribution in [0.1, 0.15) is 64.6 Å². The maximum Gasteiger partial charge on any atom is 0.435 e. The second-order valence-electron chi connectivity index (χ2n) is 10.8. The summed E-state index contributed by atoms with van der Waals surface area (Å²) in [5.41, 5.74) is -3.10. The van der Waals surface area contributed by atoms with Crippen LogP contribution in [-0.4, -0.2) is 21.1 Å². The number of alkyl halides is 6. The van der Waals surface area contributed by atoms with Crippen molar-refractivity contribution in [3.05, 3.63) is 83.8 Å². The van der Waals surface area contributed by atoms with Gasteiger partial charge in [0.25, 0.3) is 0 Å². The molecule has 2 heterocycles. The Balaban J connectivity index is 0.000000322. The first-order valence-electron chi connectivity index (χ1n) is 15.0. The average Bonchev–Trinajstić information content (AvgIpc) is 3.44. The van der Waals surface area contributed by atoms with E-state index in [4.69, 9.17) is 0 Å². The van der Waals surface area contributed by atoms with Crippen LogP contribution in [0.2, 0.25) is 0 Å². The van der Waals surface area contributed by atoms with Crippen LogP contribution in [0.3, 0.4) is 0 Å². The van der Waals surface area contributed by atoms with E-state index in [2.05, 4.69) is 16.3 Å². The molecule has 0 saturated heterocycles. The fourth-order valence-electron chi connectivity index (χ4n) is 5.45. The molecule has 3 aromatic carbocycles. The first kappa shape index (κ1) is 38.1. The topological polar surface area (TPSA) is 63.1 Å². The Kier molecular flexibility index (Phi) is 12.7. The Morgan fingerprint density at radius 2 is 1.45 bits per heavy atom. The van der Waals surface area contributed by atoms with Crippen molar-refractivity contribution >= 4 is 48.8 Å². The molecule has 0 aliphatic heterocycles. The van der Waals surface area contributed by atoms with Crippen LogP contribution in [0.5, 0.6) is 0 Å². The maximum atomic E-state index is 14.1. The number of aliphatic hydroxyl groups is 1. The van der Waals surface area contributed by atoms with Crippen molar-refractivity contribution in [1.82, 2.24) is 10.2 Å². The number of rotatable bonds is 8. The van der Waals surface area contributed by atoms with Gasteiger partial charge in [-0.1, -0.05) is 70.2 Å².